The van der Waals surface area contributed by atoms with Crippen LogP contribution in [0.15, 0.2) is 12.2 Å². The molecule has 7 heteroatoms. The second-order valence-corrected chi connectivity index (χ2v) is 11.1. The van der Waals surface area contributed by atoms with E-state index in [9.17, 15) is 29.7 Å². The zero-order valence-electron chi connectivity index (χ0n) is 24.8. The highest BCUT2D eigenvalue weighted by atomic mass is 16.4. The Balaban J connectivity index is 4.14. The minimum Gasteiger partial charge on any atom is -0.477 e. The van der Waals surface area contributed by atoms with Crippen LogP contribution in [0.3, 0.4) is 0 Å². The van der Waals surface area contributed by atoms with E-state index in [1.807, 2.05) is 6.08 Å². The van der Waals surface area contributed by atoms with E-state index < -0.39 is 40.5 Å². The van der Waals surface area contributed by atoms with Crippen molar-refractivity contribution in [3.63, 3.8) is 0 Å². The summed E-state index contributed by atoms with van der Waals surface area (Å²) in [7, 11) is 0. The largest absolute Gasteiger partial charge is 0.477 e. The Hall–Kier alpha value is -1.89. The third-order valence-electron chi connectivity index (χ3n) is 8.30. The summed E-state index contributed by atoms with van der Waals surface area (Å²) in [6, 6.07) is -3.51. The van der Waals surface area contributed by atoms with Gasteiger partial charge in [0.15, 0.2) is 18.1 Å². The van der Waals surface area contributed by atoms with Crippen LogP contribution in [0.1, 0.15) is 143 Å². The number of unbranched alkanes of at least 4 members (excludes halogenated alkanes) is 17. The molecule has 0 aliphatic rings. The lowest BCUT2D eigenvalue weighted by Gasteiger charge is -2.46. The highest BCUT2D eigenvalue weighted by Gasteiger charge is 2.52. The van der Waals surface area contributed by atoms with Gasteiger partial charge in [-0.1, -0.05) is 116 Å². The summed E-state index contributed by atoms with van der Waals surface area (Å²) in [6.45, 7) is 6.50. The van der Waals surface area contributed by atoms with Crippen molar-refractivity contribution in [1.82, 2.24) is 0 Å². The van der Waals surface area contributed by atoms with E-state index in [0.717, 1.165) is 19.3 Å². The second-order valence-electron chi connectivity index (χ2n) is 11.1. The number of carbonyl (C=O) groups is 3. The van der Waals surface area contributed by atoms with Gasteiger partial charge in [0.1, 0.15) is 0 Å². The Labute approximate surface area is 232 Å². The van der Waals surface area contributed by atoms with E-state index in [0.29, 0.717) is 0 Å². The molecule has 0 saturated carbocycles. The van der Waals surface area contributed by atoms with Gasteiger partial charge in [0.05, 0.1) is 6.54 Å². The highest BCUT2D eigenvalue weighted by Crippen LogP contribution is 2.26. The summed E-state index contributed by atoms with van der Waals surface area (Å²) in [6.07, 6.45) is 27.0. The van der Waals surface area contributed by atoms with Crippen molar-refractivity contribution in [3.8, 4) is 0 Å². The maximum absolute atomic E-state index is 11.8. The fourth-order valence-electron chi connectivity index (χ4n) is 5.46. The predicted octanol–water partition coefficient (Wildman–Crippen LogP) is 7.82. The van der Waals surface area contributed by atoms with Crippen LogP contribution >= 0.6 is 0 Å². The van der Waals surface area contributed by atoms with Gasteiger partial charge in [0, 0.05) is 0 Å². The number of allylic oxidation sites excluding steroid dienone is 1. The Morgan fingerprint density at radius 2 is 0.816 bits per heavy atom. The van der Waals surface area contributed by atoms with Gasteiger partial charge in [-0.05, 0) is 39.7 Å². The number of carboxylic acid groups (broad SMARTS) is 3. The Morgan fingerprint density at radius 1 is 0.526 bits per heavy atom. The van der Waals surface area contributed by atoms with Crippen LogP contribution in [0.2, 0.25) is 0 Å². The predicted molar refractivity (Wildman–Crippen MR) is 154 cm³/mol. The second kappa shape index (κ2) is 22.0. The number of hydrogen-bond acceptors (Lipinski definition) is 3. The molecule has 0 aromatic carbocycles. The first kappa shape index (κ1) is 36.1. The molecule has 0 saturated heterocycles. The number of aliphatic carboxylic acids is 3. The molecule has 0 aromatic heterocycles. The molecule has 0 amide bonds. The lowest BCUT2D eigenvalue weighted by atomic mass is 10.0. The Morgan fingerprint density at radius 3 is 1.11 bits per heavy atom. The number of quaternary nitrogens is 1. The van der Waals surface area contributed by atoms with Crippen LogP contribution in [0, 0.1) is 0 Å². The third-order valence-corrected chi connectivity index (χ3v) is 8.30. The van der Waals surface area contributed by atoms with Crippen molar-refractivity contribution < 1.29 is 34.2 Å². The van der Waals surface area contributed by atoms with E-state index in [1.165, 1.54) is 117 Å². The molecule has 0 aromatic rings. The first-order valence-corrected chi connectivity index (χ1v) is 15.3. The fraction of sp³-hybridized carbons (Fsp3) is 0.839. The summed E-state index contributed by atoms with van der Waals surface area (Å²) in [5.41, 5.74) is 0. The molecule has 7 nitrogen and oxygen atoms in total. The first-order chi connectivity index (χ1) is 18.1. The average molecular weight is 541 g/mol. The van der Waals surface area contributed by atoms with Crippen molar-refractivity contribution in [3.05, 3.63) is 12.2 Å². The summed E-state index contributed by atoms with van der Waals surface area (Å²) < 4.78 is -0.560. The molecule has 0 aliphatic heterocycles. The topological polar surface area (TPSA) is 112 Å². The van der Waals surface area contributed by atoms with Crippen molar-refractivity contribution in [2.45, 2.75) is 161 Å². The molecule has 222 valence electrons. The molecule has 0 heterocycles. The molecule has 0 rings (SSSR count). The Kier molecular flexibility index (Phi) is 20.9. The fourth-order valence-corrected chi connectivity index (χ4v) is 5.46. The average Bonchev–Trinajstić information content (AvgIpc) is 2.88. The smallest absolute Gasteiger partial charge is 0.362 e. The lowest BCUT2D eigenvalue weighted by Crippen LogP contribution is -2.70. The maximum atomic E-state index is 11.8. The zero-order chi connectivity index (χ0) is 28.8. The van der Waals surface area contributed by atoms with Crippen LogP contribution in [0.5, 0.6) is 0 Å². The molecule has 0 aliphatic carbocycles. The van der Waals surface area contributed by atoms with Crippen LogP contribution in [0.4, 0.5) is 0 Å². The van der Waals surface area contributed by atoms with Crippen molar-refractivity contribution in [2.24, 2.45) is 0 Å². The van der Waals surface area contributed by atoms with Gasteiger partial charge in [-0.25, -0.2) is 14.4 Å². The molecule has 3 unspecified atom stereocenters. The van der Waals surface area contributed by atoms with E-state index >= 15 is 0 Å². The van der Waals surface area contributed by atoms with Gasteiger partial charge >= 0.3 is 17.9 Å². The van der Waals surface area contributed by atoms with E-state index in [-0.39, 0.29) is 6.54 Å². The van der Waals surface area contributed by atoms with Crippen LogP contribution < -0.4 is 0 Å². The summed E-state index contributed by atoms with van der Waals surface area (Å²) in [5.74, 6) is -3.60. The van der Waals surface area contributed by atoms with E-state index in [2.05, 4.69) is 6.92 Å². The monoisotopic (exact) mass is 540 g/mol. The van der Waals surface area contributed by atoms with E-state index in [1.54, 1.807) is 6.08 Å². The molecule has 3 N–H and O–H groups in total. The van der Waals surface area contributed by atoms with Crippen molar-refractivity contribution in [2.75, 3.05) is 6.54 Å². The molecule has 0 spiro atoms. The van der Waals surface area contributed by atoms with Crippen LogP contribution in [-0.2, 0) is 14.4 Å². The summed E-state index contributed by atoms with van der Waals surface area (Å²) in [5, 5.41) is 28.9. The molecular weight excluding hydrogens is 482 g/mol. The Bertz CT molecular complexity index is 627. The van der Waals surface area contributed by atoms with Gasteiger partial charge in [-0.2, -0.15) is 0 Å². The van der Waals surface area contributed by atoms with Gasteiger partial charge in [-0.15, -0.1) is 0 Å². The summed E-state index contributed by atoms with van der Waals surface area (Å²) in [4.78, 5) is 35.4. The SMILES string of the molecule is CCCCCCCCCCCCCCCCCCC/C=C/C[N+](C(C)C(=O)O)(C(C)C(=O)O)C(C)C(=O)O. The molecule has 3 atom stereocenters. The van der Waals surface area contributed by atoms with Gasteiger partial charge in [0.2, 0.25) is 0 Å². The minimum absolute atomic E-state index is 0.0490. The molecule has 38 heavy (non-hydrogen) atoms. The number of rotatable bonds is 26. The molecule has 0 bridgehead atoms. The highest BCUT2D eigenvalue weighted by molar-refractivity contribution is 5.77. The van der Waals surface area contributed by atoms with Crippen LogP contribution in [0.25, 0.3) is 0 Å². The molecular formula is C31H58NO6+. The third kappa shape index (κ3) is 14.3. The number of carboxylic acids is 3. The lowest BCUT2D eigenvalue weighted by molar-refractivity contribution is -0.962. The van der Waals surface area contributed by atoms with Crippen molar-refractivity contribution >= 4 is 17.9 Å². The van der Waals surface area contributed by atoms with E-state index in [4.69, 9.17) is 0 Å². The quantitative estimate of drug-likeness (QED) is 0.0586. The minimum atomic E-state index is -1.20. The first-order valence-electron chi connectivity index (χ1n) is 15.3. The number of nitrogens with zero attached hydrogens (tertiary/aromatic N) is 1. The van der Waals surface area contributed by atoms with Crippen LogP contribution in [-0.4, -0.2) is 62.4 Å². The molecule has 0 radical (unpaired) electrons. The van der Waals surface area contributed by atoms with Gasteiger partial charge in [0.25, 0.3) is 0 Å². The van der Waals surface area contributed by atoms with Crippen molar-refractivity contribution in [1.29, 1.82) is 0 Å². The number of hydrogen-bond donors (Lipinski definition) is 3. The van der Waals surface area contributed by atoms with Gasteiger partial charge in [-0.3, -0.25) is 4.48 Å². The van der Waals surface area contributed by atoms with Gasteiger partial charge < -0.3 is 15.3 Å². The standard InChI is InChI=1S/C31H57NO6/c1-5-6-7-8-9-10-11-12-13-14-15-16-17-18-19-20-21-22-23-24-25-32(26(2)29(33)34,27(3)30(35)36)28(4)31(37)38/h23-24,26-28H,5-22,25H2,1-4H3,(H2-,33,34,35,36,37,38)/p+1/b24-23+. The maximum Gasteiger partial charge on any atom is 0.362 e. The molecule has 0 fully saturated rings. The summed E-state index contributed by atoms with van der Waals surface area (Å²) >= 11 is 0. The normalized spacial score (nSPS) is 15.7. The zero-order valence-corrected chi connectivity index (χ0v) is 24.8.